The van der Waals surface area contributed by atoms with E-state index < -0.39 is 5.97 Å². The minimum absolute atomic E-state index is 0.273. The fraction of sp³-hybridized carbons (Fsp3) is 0.379. The van der Waals surface area contributed by atoms with Gasteiger partial charge in [-0.25, -0.2) is 9.97 Å². The summed E-state index contributed by atoms with van der Waals surface area (Å²) in [5.74, 6) is 0.110. The summed E-state index contributed by atoms with van der Waals surface area (Å²) >= 11 is 0. The van der Waals surface area contributed by atoms with Gasteiger partial charge in [0.05, 0.1) is 17.6 Å². The summed E-state index contributed by atoms with van der Waals surface area (Å²) < 4.78 is 0. The summed E-state index contributed by atoms with van der Waals surface area (Å²) in [6, 6.07) is 14.5. The van der Waals surface area contributed by atoms with Crippen molar-refractivity contribution in [3.05, 3.63) is 71.0 Å². The van der Waals surface area contributed by atoms with Gasteiger partial charge in [0.1, 0.15) is 0 Å². The van der Waals surface area contributed by atoms with Gasteiger partial charge >= 0.3 is 5.97 Å². The minimum Gasteiger partial charge on any atom is -0.481 e. The average molecular weight is 469 g/mol. The Balaban J connectivity index is 1.57. The molecular weight excluding hydrogens is 436 g/mol. The molecule has 2 aromatic carbocycles. The first-order valence-electron chi connectivity index (χ1n) is 12.3. The Morgan fingerprint density at radius 1 is 1.17 bits per heavy atom. The predicted octanol–water partition coefficient (Wildman–Crippen LogP) is 5.35. The lowest BCUT2D eigenvalue weighted by Crippen LogP contribution is -2.23. The van der Waals surface area contributed by atoms with Crippen molar-refractivity contribution in [2.45, 2.75) is 46.6 Å². The van der Waals surface area contributed by atoms with Crippen molar-refractivity contribution >= 4 is 5.97 Å². The quantitative estimate of drug-likeness (QED) is 0.479. The van der Waals surface area contributed by atoms with E-state index in [4.69, 9.17) is 0 Å². The Hall–Kier alpha value is -3.56. The minimum atomic E-state index is -0.703. The number of carboxylic acids is 1. The molecule has 6 heteroatoms. The van der Waals surface area contributed by atoms with Crippen LogP contribution in [0.3, 0.4) is 0 Å². The first kappa shape index (κ1) is 24.6. The summed E-state index contributed by atoms with van der Waals surface area (Å²) in [4.78, 5) is 22.8. The normalized spacial score (nSPS) is 15.9. The number of carbonyl (C=O) groups is 1. The molecule has 1 saturated heterocycles. The summed E-state index contributed by atoms with van der Waals surface area (Å²) in [5.41, 5.74) is 7.10. The molecule has 1 atom stereocenters. The van der Waals surface area contributed by atoms with E-state index in [-0.39, 0.29) is 5.92 Å². The lowest BCUT2D eigenvalue weighted by molar-refractivity contribution is -0.141. The van der Waals surface area contributed by atoms with E-state index in [1.165, 1.54) is 11.1 Å². The highest BCUT2D eigenvalue weighted by atomic mass is 16.4. The van der Waals surface area contributed by atoms with Gasteiger partial charge in [0.2, 0.25) is 0 Å². The maximum Gasteiger partial charge on any atom is 0.307 e. The van der Waals surface area contributed by atoms with Gasteiger partial charge in [-0.05, 0) is 60.0 Å². The van der Waals surface area contributed by atoms with Crippen molar-refractivity contribution < 1.29 is 9.90 Å². The maximum absolute atomic E-state index is 11.3. The Labute approximate surface area is 207 Å². The molecule has 1 aliphatic heterocycles. The molecule has 180 valence electrons. The van der Waals surface area contributed by atoms with Gasteiger partial charge in [0.15, 0.2) is 5.82 Å². The van der Waals surface area contributed by atoms with Crippen LogP contribution in [0, 0.1) is 23.2 Å². The summed E-state index contributed by atoms with van der Waals surface area (Å²) in [6.07, 6.45) is 6.15. The first-order chi connectivity index (χ1) is 16.9. The van der Waals surface area contributed by atoms with E-state index in [0.717, 1.165) is 48.2 Å². The van der Waals surface area contributed by atoms with Crippen LogP contribution in [-0.2, 0) is 24.2 Å². The second-order valence-electron chi connectivity index (χ2n) is 9.73. The highest BCUT2D eigenvalue weighted by Crippen LogP contribution is 2.29. The van der Waals surface area contributed by atoms with E-state index in [0.29, 0.717) is 30.3 Å². The summed E-state index contributed by atoms with van der Waals surface area (Å²) in [6.45, 7) is 8.59. The fourth-order valence-electron chi connectivity index (χ4n) is 4.94. The molecule has 0 spiro atoms. The standard InChI is InChI=1S/C29H32N4O2/c1-4-26-22(17-33-11-10-23(18-33)29(34)35)6-5-7-27(26)25-15-31-28(32-16-25)21-9-8-20(12-19(2)3)24(13-21)14-30/h5-9,13,15-16,19,23H,4,10-12,17-18H2,1-3H3,(H,34,35). The third-order valence-corrected chi connectivity index (χ3v) is 6.72. The molecule has 3 aromatic rings. The van der Waals surface area contributed by atoms with Crippen LogP contribution in [0.5, 0.6) is 0 Å². The molecule has 35 heavy (non-hydrogen) atoms. The Morgan fingerprint density at radius 3 is 2.57 bits per heavy atom. The molecule has 1 aromatic heterocycles. The van der Waals surface area contributed by atoms with E-state index in [2.05, 4.69) is 59.9 Å². The predicted molar refractivity (Wildman–Crippen MR) is 137 cm³/mol. The largest absolute Gasteiger partial charge is 0.481 e. The monoisotopic (exact) mass is 468 g/mol. The second-order valence-corrected chi connectivity index (χ2v) is 9.73. The molecule has 0 amide bonds. The molecule has 0 saturated carbocycles. The van der Waals surface area contributed by atoms with Gasteiger partial charge in [-0.2, -0.15) is 5.26 Å². The number of carboxylic acid groups (broad SMARTS) is 1. The molecule has 1 fully saturated rings. The maximum atomic E-state index is 11.3. The fourth-order valence-corrected chi connectivity index (χ4v) is 4.94. The zero-order valence-corrected chi connectivity index (χ0v) is 20.7. The Kier molecular flexibility index (Phi) is 7.57. The van der Waals surface area contributed by atoms with Crippen LogP contribution in [0.2, 0.25) is 0 Å². The van der Waals surface area contributed by atoms with E-state index >= 15 is 0 Å². The van der Waals surface area contributed by atoms with Crippen LogP contribution in [0.1, 0.15) is 49.4 Å². The zero-order valence-electron chi connectivity index (χ0n) is 20.7. The number of aliphatic carboxylic acids is 1. The van der Waals surface area contributed by atoms with E-state index in [9.17, 15) is 15.2 Å². The molecule has 1 aliphatic rings. The molecule has 0 aliphatic carbocycles. The molecule has 1 N–H and O–H groups in total. The smallest absolute Gasteiger partial charge is 0.307 e. The van der Waals surface area contributed by atoms with Gasteiger partial charge in [0.25, 0.3) is 0 Å². The third-order valence-electron chi connectivity index (χ3n) is 6.72. The molecule has 0 radical (unpaired) electrons. The average Bonchev–Trinajstić information content (AvgIpc) is 3.33. The molecule has 1 unspecified atom stereocenters. The lowest BCUT2D eigenvalue weighted by Gasteiger charge is -2.19. The number of rotatable bonds is 8. The van der Waals surface area contributed by atoms with E-state index in [1.807, 2.05) is 30.6 Å². The topological polar surface area (TPSA) is 90.1 Å². The third kappa shape index (κ3) is 5.58. The molecule has 6 nitrogen and oxygen atoms in total. The van der Waals surface area contributed by atoms with Crippen LogP contribution < -0.4 is 0 Å². The lowest BCUT2D eigenvalue weighted by atomic mass is 9.94. The number of nitrogens with zero attached hydrogens (tertiary/aromatic N) is 4. The van der Waals surface area contributed by atoms with Gasteiger partial charge in [-0.15, -0.1) is 0 Å². The van der Waals surface area contributed by atoms with Crippen molar-refractivity contribution in [1.29, 1.82) is 5.26 Å². The van der Waals surface area contributed by atoms with Gasteiger partial charge in [0, 0.05) is 36.6 Å². The van der Waals surface area contributed by atoms with Gasteiger partial charge in [-0.1, -0.05) is 51.1 Å². The summed E-state index contributed by atoms with van der Waals surface area (Å²) in [5, 5.41) is 18.9. The Morgan fingerprint density at radius 2 is 1.94 bits per heavy atom. The summed E-state index contributed by atoms with van der Waals surface area (Å²) in [7, 11) is 0. The number of likely N-dealkylation sites (tertiary alicyclic amines) is 1. The van der Waals surface area contributed by atoms with Crippen LogP contribution in [0.25, 0.3) is 22.5 Å². The van der Waals surface area contributed by atoms with Crippen molar-refractivity contribution in [2.24, 2.45) is 11.8 Å². The SMILES string of the molecule is CCc1c(CN2CCC(C(=O)O)C2)cccc1-c1cnc(-c2ccc(CC(C)C)c(C#N)c2)nc1. The molecule has 0 bridgehead atoms. The number of aromatic nitrogens is 2. The van der Waals surface area contributed by atoms with Crippen LogP contribution >= 0.6 is 0 Å². The molecule has 4 rings (SSSR count). The molecular formula is C29H32N4O2. The number of benzene rings is 2. The van der Waals surface area contributed by atoms with Crippen molar-refractivity contribution in [1.82, 2.24) is 14.9 Å². The van der Waals surface area contributed by atoms with Crippen LogP contribution in [0.15, 0.2) is 48.8 Å². The zero-order chi connectivity index (χ0) is 24.9. The van der Waals surface area contributed by atoms with Crippen LogP contribution in [0.4, 0.5) is 0 Å². The highest BCUT2D eigenvalue weighted by Gasteiger charge is 2.28. The molecule has 2 heterocycles. The van der Waals surface area contributed by atoms with Crippen molar-refractivity contribution in [3.63, 3.8) is 0 Å². The second kappa shape index (κ2) is 10.8. The Bertz CT molecular complexity index is 1240. The number of nitriles is 1. The number of hydrogen-bond acceptors (Lipinski definition) is 5. The van der Waals surface area contributed by atoms with E-state index in [1.54, 1.807) is 0 Å². The van der Waals surface area contributed by atoms with Gasteiger partial charge < -0.3 is 5.11 Å². The van der Waals surface area contributed by atoms with Crippen molar-refractivity contribution in [2.75, 3.05) is 13.1 Å². The van der Waals surface area contributed by atoms with Crippen molar-refractivity contribution in [3.8, 4) is 28.6 Å². The van der Waals surface area contributed by atoms with Crippen LogP contribution in [-0.4, -0.2) is 39.0 Å². The number of hydrogen-bond donors (Lipinski definition) is 1. The van der Waals surface area contributed by atoms with Gasteiger partial charge in [-0.3, -0.25) is 9.69 Å². The first-order valence-corrected chi connectivity index (χ1v) is 12.3. The highest BCUT2D eigenvalue weighted by molar-refractivity contribution is 5.71.